The van der Waals surface area contributed by atoms with E-state index in [9.17, 15) is 9.90 Å². The van der Waals surface area contributed by atoms with E-state index in [4.69, 9.17) is 0 Å². The Kier molecular flexibility index (Phi) is 3.28. The second-order valence-corrected chi connectivity index (χ2v) is 4.77. The van der Waals surface area contributed by atoms with E-state index in [1.807, 2.05) is 24.3 Å². The first kappa shape index (κ1) is 13.1. The average Bonchev–Trinajstić information content (AvgIpc) is 2.51. The highest BCUT2D eigenvalue weighted by Gasteiger charge is 2.05. The summed E-state index contributed by atoms with van der Waals surface area (Å²) in [5, 5.41) is 9.25. The van der Waals surface area contributed by atoms with Gasteiger partial charge < -0.3 is 9.67 Å². The van der Waals surface area contributed by atoms with Crippen LogP contribution in [0.1, 0.15) is 11.3 Å². The highest BCUT2D eigenvalue weighted by molar-refractivity contribution is 5.77. The molecule has 0 aliphatic heterocycles. The maximum absolute atomic E-state index is 12.3. The number of rotatable bonds is 2. The van der Waals surface area contributed by atoms with Gasteiger partial charge in [-0.05, 0) is 35.9 Å². The summed E-state index contributed by atoms with van der Waals surface area (Å²) in [5.41, 5.74) is 2.74. The molecule has 0 saturated heterocycles. The Labute approximate surface area is 121 Å². The average molecular weight is 278 g/mol. The topological polar surface area (TPSA) is 55.1 Å². The van der Waals surface area contributed by atoms with Crippen molar-refractivity contribution in [2.24, 2.45) is 7.05 Å². The van der Waals surface area contributed by atoms with Gasteiger partial charge in [-0.25, -0.2) is 4.98 Å². The van der Waals surface area contributed by atoms with Crippen LogP contribution in [0.5, 0.6) is 5.75 Å². The summed E-state index contributed by atoms with van der Waals surface area (Å²) in [6.07, 6.45) is 3.50. The monoisotopic (exact) mass is 278 g/mol. The molecule has 0 unspecified atom stereocenters. The van der Waals surface area contributed by atoms with Gasteiger partial charge in [0.05, 0.1) is 11.0 Å². The van der Waals surface area contributed by atoms with Crippen LogP contribution in [0.4, 0.5) is 0 Å². The Balaban J connectivity index is 2.06. The maximum atomic E-state index is 12.3. The van der Waals surface area contributed by atoms with Crippen LogP contribution in [0.25, 0.3) is 23.2 Å². The molecule has 1 heterocycles. The Morgan fingerprint density at radius 1 is 1.05 bits per heavy atom. The molecule has 0 spiro atoms. The van der Waals surface area contributed by atoms with Gasteiger partial charge in [0.2, 0.25) is 0 Å². The van der Waals surface area contributed by atoms with E-state index in [1.54, 1.807) is 48.0 Å². The molecule has 4 nitrogen and oxygen atoms in total. The van der Waals surface area contributed by atoms with Gasteiger partial charge in [0.25, 0.3) is 5.56 Å². The van der Waals surface area contributed by atoms with Crippen LogP contribution >= 0.6 is 0 Å². The van der Waals surface area contributed by atoms with Crippen LogP contribution in [0.2, 0.25) is 0 Å². The third-order valence-electron chi connectivity index (χ3n) is 3.33. The molecule has 0 saturated carbocycles. The molecular weight excluding hydrogens is 264 g/mol. The molecule has 0 amide bonds. The molecule has 2 aromatic carbocycles. The first-order valence-corrected chi connectivity index (χ1v) is 6.58. The van der Waals surface area contributed by atoms with Gasteiger partial charge in [0, 0.05) is 7.05 Å². The van der Waals surface area contributed by atoms with Gasteiger partial charge in [-0.2, -0.15) is 0 Å². The predicted octanol–water partition coefficient (Wildman–Crippen LogP) is 2.81. The molecule has 0 radical (unpaired) electrons. The molecular formula is C17H14N2O2. The van der Waals surface area contributed by atoms with Crippen molar-refractivity contribution in [1.29, 1.82) is 0 Å². The molecule has 3 aromatic rings. The first-order valence-electron chi connectivity index (χ1n) is 6.58. The van der Waals surface area contributed by atoms with Crippen molar-refractivity contribution in [3.05, 3.63) is 70.1 Å². The van der Waals surface area contributed by atoms with Crippen molar-refractivity contribution in [2.45, 2.75) is 0 Å². The molecule has 0 aliphatic carbocycles. The number of nitrogens with zero attached hydrogens (tertiary/aromatic N) is 2. The quantitative estimate of drug-likeness (QED) is 0.784. The predicted molar refractivity (Wildman–Crippen MR) is 84.0 cm³/mol. The summed E-state index contributed by atoms with van der Waals surface area (Å²) < 4.78 is 1.60. The molecule has 0 aliphatic rings. The summed E-state index contributed by atoms with van der Waals surface area (Å²) in [6.45, 7) is 0. The number of aromatic hydroxyl groups is 1. The van der Waals surface area contributed by atoms with Crippen molar-refractivity contribution in [1.82, 2.24) is 9.55 Å². The number of fused-ring (bicyclic) bond motifs is 1. The minimum atomic E-state index is -0.135. The summed E-state index contributed by atoms with van der Waals surface area (Å²) in [6, 6.07) is 14.3. The van der Waals surface area contributed by atoms with Gasteiger partial charge in [-0.15, -0.1) is 0 Å². The van der Waals surface area contributed by atoms with Crippen LogP contribution in [0, 0.1) is 0 Å². The number of aromatic nitrogens is 2. The minimum Gasteiger partial charge on any atom is -0.508 e. The zero-order chi connectivity index (χ0) is 14.8. The summed E-state index contributed by atoms with van der Waals surface area (Å²) in [4.78, 5) is 16.7. The Bertz CT molecular complexity index is 877. The molecule has 104 valence electrons. The second-order valence-electron chi connectivity index (χ2n) is 4.77. The molecule has 21 heavy (non-hydrogen) atoms. The lowest BCUT2D eigenvalue weighted by Crippen LogP contribution is -2.21. The zero-order valence-corrected chi connectivity index (χ0v) is 11.5. The number of phenolic OH excluding ortho intramolecular Hbond substituents is 1. The van der Waals surface area contributed by atoms with Crippen molar-refractivity contribution < 1.29 is 5.11 Å². The highest BCUT2D eigenvalue weighted by Crippen LogP contribution is 2.13. The van der Waals surface area contributed by atoms with Gasteiger partial charge in [-0.1, -0.05) is 30.3 Å². The Hall–Kier alpha value is -2.88. The third-order valence-corrected chi connectivity index (χ3v) is 3.33. The van der Waals surface area contributed by atoms with E-state index in [2.05, 4.69) is 4.98 Å². The number of para-hydroxylation sites is 2. The van der Waals surface area contributed by atoms with E-state index >= 15 is 0 Å². The molecule has 1 aromatic heterocycles. The summed E-state index contributed by atoms with van der Waals surface area (Å²) in [7, 11) is 1.74. The zero-order valence-electron chi connectivity index (χ0n) is 11.5. The lowest BCUT2D eigenvalue weighted by Gasteiger charge is -2.05. The normalized spacial score (nSPS) is 11.3. The number of phenols is 1. The van der Waals surface area contributed by atoms with E-state index in [1.165, 1.54) is 0 Å². The molecule has 3 rings (SSSR count). The second kappa shape index (κ2) is 5.25. The third kappa shape index (κ3) is 2.56. The van der Waals surface area contributed by atoms with Crippen LogP contribution in [-0.2, 0) is 7.05 Å². The molecule has 0 fully saturated rings. The van der Waals surface area contributed by atoms with E-state index in [0.717, 1.165) is 16.6 Å². The number of aryl methyl sites for hydroxylation is 1. The molecule has 0 bridgehead atoms. The van der Waals surface area contributed by atoms with Crippen molar-refractivity contribution in [3.63, 3.8) is 0 Å². The minimum absolute atomic E-state index is 0.135. The van der Waals surface area contributed by atoms with Crippen molar-refractivity contribution in [2.75, 3.05) is 0 Å². The largest absolute Gasteiger partial charge is 0.508 e. The fraction of sp³-hybridized carbons (Fsp3) is 0.0588. The van der Waals surface area contributed by atoms with Crippen LogP contribution in [0.15, 0.2) is 53.3 Å². The van der Waals surface area contributed by atoms with Crippen molar-refractivity contribution >= 4 is 23.2 Å². The molecule has 0 atom stereocenters. The number of hydrogen-bond acceptors (Lipinski definition) is 3. The molecule has 1 N–H and O–H groups in total. The summed E-state index contributed by atoms with van der Waals surface area (Å²) in [5.74, 6) is 0.215. The fourth-order valence-electron chi connectivity index (χ4n) is 2.17. The first-order chi connectivity index (χ1) is 10.1. The number of hydrogen-bond donors (Lipinski definition) is 1. The smallest absolute Gasteiger partial charge is 0.276 e. The van der Waals surface area contributed by atoms with Crippen LogP contribution in [-0.4, -0.2) is 14.7 Å². The van der Waals surface area contributed by atoms with Crippen LogP contribution < -0.4 is 5.56 Å². The Morgan fingerprint density at radius 3 is 2.52 bits per heavy atom. The Morgan fingerprint density at radius 2 is 1.76 bits per heavy atom. The standard InChI is InChI=1S/C17H14N2O2/c1-19-16-5-3-2-4-14(16)18-15(17(19)21)11-8-12-6-9-13(20)10-7-12/h2-11,20H,1H3/b11-8+. The fourth-order valence-corrected chi connectivity index (χ4v) is 2.17. The SMILES string of the molecule is Cn1c(=O)c(/C=C/c2ccc(O)cc2)nc2ccccc21. The molecule has 4 heteroatoms. The lowest BCUT2D eigenvalue weighted by atomic mass is 10.2. The van der Waals surface area contributed by atoms with E-state index in [-0.39, 0.29) is 11.3 Å². The highest BCUT2D eigenvalue weighted by atomic mass is 16.3. The summed E-state index contributed by atoms with van der Waals surface area (Å²) >= 11 is 0. The van der Waals surface area contributed by atoms with Gasteiger partial charge in [-0.3, -0.25) is 4.79 Å². The van der Waals surface area contributed by atoms with Gasteiger partial charge >= 0.3 is 0 Å². The van der Waals surface area contributed by atoms with Crippen LogP contribution in [0.3, 0.4) is 0 Å². The van der Waals surface area contributed by atoms with E-state index in [0.29, 0.717) is 5.69 Å². The maximum Gasteiger partial charge on any atom is 0.276 e. The number of benzene rings is 2. The van der Waals surface area contributed by atoms with Gasteiger partial charge in [0.15, 0.2) is 0 Å². The van der Waals surface area contributed by atoms with Gasteiger partial charge in [0.1, 0.15) is 11.4 Å². The van der Waals surface area contributed by atoms with Crippen molar-refractivity contribution in [3.8, 4) is 5.75 Å². The van der Waals surface area contributed by atoms with E-state index < -0.39 is 0 Å². The lowest BCUT2D eigenvalue weighted by molar-refractivity contribution is 0.475.